The lowest BCUT2D eigenvalue weighted by atomic mass is 10.3. The summed E-state index contributed by atoms with van der Waals surface area (Å²) in [6, 6.07) is -11.2. The van der Waals surface area contributed by atoms with E-state index in [1.54, 1.807) is 0 Å². The van der Waals surface area contributed by atoms with Gasteiger partial charge < -0.3 is 14.2 Å². The molecule has 0 spiro atoms. The van der Waals surface area contributed by atoms with Crippen molar-refractivity contribution < 1.29 is 93.0 Å². The first kappa shape index (κ1) is 31.7. The number of benzene rings is 1. The minimum absolute atomic E-state index is 0.297. The molecule has 0 aliphatic heterocycles. The number of alkyl halides is 9. The van der Waals surface area contributed by atoms with Crippen molar-refractivity contribution in [3.05, 3.63) is 47.7 Å². The molecule has 1 aromatic carbocycles. The van der Waals surface area contributed by atoms with E-state index in [9.17, 15) is 74.3 Å². The van der Waals surface area contributed by atoms with Crippen molar-refractivity contribution in [1.29, 1.82) is 0 Å². The first-order chi connectivity index (χ1) is 16.4. The maximum Gasteiger partial charge on any atom is 0.449 e. The highest BCUT2D eigenvalue weighted by atomic mass is 32.2. The van der Waals surface area contributed by atoms with Crippen LogP contribution in [0.5, 0.6) is 17.2 Å². The highest BCUT2D eigenvalue weighted by Crippen LogP contribution is 2.47. The summed E-state index contributed by atoms with van der Waals surface area (Å²) in [5, 5.41) is 0. The maximum atomic E-state index is 13.7. The van der Waals surface area contributed by atoms with Crippen molar-refractivity contribution >= 4 is 10.1 Å². The molecule has 0 amide bonds. The number of hydrogen-bond acceptors (Lipinski definition) is 5. The molecule has 1 aromatic rings. The number of allylic oxidation sites excluding steroid dienone is 3. The normalized spacial score (nSPS) is 15.5. The molecule has 6 nitrogen and oxygen atoms in total. The highest BCUT2D eigenvalue weighted by molar-refractivity contribution is 7.86. The maximum absolute atomic E-state index is 13.7. The van der Waals surface area contributed by atoms with Gasteiger partial charge in [0, 0.05) is 0 Å². The molecule has 0 aliphatic carbocycles. The molecule has 210 valence electrons. The minimum Gasteiger partial charge on any atom is -0.425 e. The summed E-state index contributed by atoms with van der Waals surface area (Å²) in [7, 11) is -6.00. The van der Waals surface area contributed by atoms with Gasteiger partial charge in [0.25, 0.3) is 27.6 Å². The fourth-order valence-corrected chi connectivity index (χ4v) is 2.36. The van der Waals surface area contributed by atoms with Crippen LogP contribution in [0.1, 0.15) is 0 Å². The first-order valence-electron chi connectivity index (χ1n) is 7.94. The molecule has 0 aliphatic rings. The van der Waals surface area contributed by atoms with Crippen LogP contribution in [-0.2, 0) is 10.1 Å². The average Bonchev–Trinajstić information content (AvgIpc) is 2.70. The van der Waals surface area contributed by atoms with Gasteiger partial charge in [0.1, 0.15) is 4.90 Å². The van der Waals surface area contributed by atoms with Crippen LogP contribution >= 0.6 is 0 Å². The Labute approximate surface area is 192 Å². The molecule has 0 atom stereocenters. The van der Waals surface area contributed by atoms with Gasteiger partial charge in [-0.25, -0.2) is 0 Å². The van der Waals surface area contributed by atoms with Crippen molar-refractivity contribution in [2.45, 2.75) is 23.4 Å². The van der Waals surface area contributed by atoms with Crippen LogP contribution in [-0.4, -0.2) is 31.5 Å². The van der Waals surface area contributed by atoms with Crippen molar-refractivity contribution in [2.75, 3.05) is 0 Å². The average molecular weight is 596 g/mol. The molecule has 0 saturated carbocycles. The molecule has 37 heavy (non-hydrogen) atoms. The van der Waals surface area contributed by atoms with E-state index in [0.29, 0.717) is 0 Å². The van der Waals surface area contributed by atoms with Gasteiger partial charge in [-0.1, -0.05) is 0 Å². The smallest absolute Gasteiger partial charge is 0.425 e. The van der Waals surface area contributed by atoms with Crippen LogP contribution in [0.2, 0.25) is 0 Å². The van der Waals surface area contributed by atoms with Crippen LogP contribution in [0.25, 0.3) is 0 Å². The Bertz CT molecular complexity index is 1240. The Hall–Kier alpha value is -3.30. The first-order valence-corrected chi connectivity index (χ1v) is 9.38. The van der Waals surface area contributed by atoms with Crippen LogP contribution in [0, 0.1) is 0 Å². The van der Waals surface area contributed by atoms with E-state index < -0.39 is 86.3 Å². The molecule has 0 heterocycles. The minimum atomic E-state index is -6.30. The van der Waals surface area contributed by atoms with Crippen LogP contribution in [0.4, 0.5) is 65.9 Å². The molecule has 0 bridgehead atoms. The van der Waals surface area contributed by atoms with Crippen LogP contribution < -0.4 is 14.2 Å². The zero-order valence-corrected chi connectivity index (χ0v) is 17.0. The molecule has 0 unspecified atom stereocenters. The van der Waals surface area contributed by atoms with Crippen molar-refractivity contribution in [3.8, 4) is 17.2 Å². The summed E-state index contributed by atoms with van der Waals surface area (Å²) in [6.07, 6.45) is -18.8. The third kappa shape index (κ3) is 8.10. The summed E-state index contributed by atoms with van der Waals surface area (Å²) < 4.78 is 233. The van der Waals surface area contributed by atoms with Crippen LogP contribution in [0.3, 0.4) is 0 Å². The molecular formula is C15H3F15O6S. The summed E-state index contributed by atoms with van der Waals surface area (Å²) in [5.41, 5.74) is 0. The van der Waals surface area contributed by atoms with E-state index in [-0.39, 0.29) is 12.1 Å². The largest absolute Gasteiger partial charge is 0.449 e. The Morgan fingerprint density at radius 2 is 0.919 bits per heavy atom. The van der Waals surface area contributed by atoms with Crippen molar-refractivity contribution in [2.24, 2.45) is 0 Å². The predicted octanol–water partition coefficient (Wildman–Crippen LogP) is 7.08. The quantitative estimate of drug-likeness (QED) is 0.206. The lowest BCUT2D eigenvalue weighted by Gasteiger charge is -2.17. The highest BCUT2D eigenvalue weighted by Gasteiger charge is 2.43. The molecule has 0 radical (unpaired) electrons. The lowest BCUT2D eigenvalue weighted by Crippen LogP contribution is -2.15. The number of ether oxygens (including phenoxy) is 3. The lowest BCUT2D eigenvalue weighted by molar-refractivity contribution is -0.115. The number of hydrogen-bond donors (Lipinski definition) is 1. The summed E-state index contributed by atoms with van der Waals surface area (Å²) >= 11 is 0. The molecule has 1 rings (SSSR count). The topological polar surface area (TPSA) is 82.1 Å². The van der Waals surface area contributed by atoms with E-state index in [1.807, 2.05) is 0 Å². The van der Waals surface area contributed by atoms with E-state index in [2.05, 4.69) is 14.2 Å². The Balaban J connectivity index is 4.10. The second kappa shape index (κ2) is 10.6. The van der Waals surface area contributed by atoms with Gasteiger partial charge in [-0.15, -0.1) is 0 Å². The van der Waals surface area contributed by atoms with E-state index >= 15 is 0 Å². The van der Waals surface area contributed by atoms with Gasteiger partial charge in [-0.3, -0.25) is 4.55 Å². The second-order valence-corrected chi connectivity index (χ2v) is 7.15. The summed E-state index contributed by atoms with van der Waals surface area (Å²) in [4.78, 5) is -2.18. The van der Waals surface area contributed by atoms with Crippen LogP contribution in [0.15, 0.2) is 52.5 Å². The van der Waals surface area contributed by atoms with Gasteiger partial charge in [0.05, 0.1) is 0 Å². The Kier molecular flexibility index (Phi) is 9.08. The fraction of sp³-hybridized carbons (Fsp3) is 0.200. The van der Waals surface area contributed by atoms with E-state index in [0.717, 1.165) is 0 Å². The van der Waals surface area contributed by atoms with E-state index in [1.165, 1.54) is 0 Å². The Morgan fingerprint density at radius 3 is 1.24 bits per heavy atom. The Morgan fingerprint density at radius 1 is 0.595 bits per heavy atom. The van der Waals surface area contributed by atoms with Gasteiger partial charge >= 0.3 is 36.6 Å². The SMILES string of the molecule is O=S(=O)(O)c1ccc(OC(F)=C(F)C(F)(F)F)c(OC(F)=C(F)C(F)(F)F)c1OC(F)=C(F)C(F)(F)F. The third-order valence-corrected chi connectivity index (χ3v) is 4.04. The predicted molar refractivity (Wildman–Crippen MR) is 84.0 cm³/mol. The zero-order valence-electron chi connectivity index (χ0n) is 16.2. The zero-order chi connectivity index (χ0) is 29.3. The fourth-order valence-electron chi connectivity index (χ4n) is 1.75. The van der Waals surface area contributed by atoms with Gasteiger partial charge in [0.2, 0.25) is 5.75 Å². The number of halogens is 15. The summed E-state index contributed by atoms with van der Waals surface area (Å²) in [5.74, 6) is -18.9. The molecule has 1 N–H and O–H groups in total. The molecule has 0 aromatic heterocycles. The molecular weight excluding hydrogens is 593 g/mol. The molecule has 0 fully saturated rings. The second-order valence-electron chi connectivity index (χ2n) is 5.76. The summed E-state index contributed by atoms with van der Waals surface area (Å²) in [6.45, 7) is 0. The molecule has 22 heteroatoms. The van der Waals surface area contributed by atoms with Crippen molar-refractivity contribution in [1.82, 2.24) is 0 Å². The van der Waals surface area contributed by atoms with Gasteiger partial charge in [0.15, 0.2) is 11.5 Å². The third-order valence-electron chi connectivity index (χ3n) is 3.17. The molecule has 0 saturated heterocycles. The van der Waals surface area contributed by atoms with Crippen molar-refractivity contribution in [3.63, 3.8) is 0 Å². The van der Waals surface area contributed by atoms with Gasteiger partial charge in [-0.05, 0) is 12.1 Å². The van der Waals surface area contributed by atoms with Gasteiger partial charge in [-0.2, -0.15) is 74.3 Å². The number of rotatable bonds is 7. The standard InChI is InChI=1S/C15H3F15O6S/c16-7(13(22,23)24)10(19)34-3-1-2-4(37(31,32)33)6(36-12(21)9(18)15(28,29)30)5(3)35-11(20)8(17)14(25,26)27/h1-2H,(H,31,32,33). The van der Waals surface area contributed by atoms with E-state index in [4.69, 9.17) is 4.55 Å². The monoisotopic (exact) mass is 596 g/mol.